The van der Waals surface area contributed by atoms with Gasteiger partial charge in [0, 0.05) is 32.1 Å². The fraction of sp³-hybridized carbons (Fsp3) is 0.600. The monoisotopic (exact) mass is 246 g/mol. The zero-order valence-corrected chi connectivity index (χ0v) is 11.1. The van der Waals surface area contributed by atoms with Crippen molar-refractivity contribution in [3.8, 4) is 5.75 Å². The molecule has 0 amide bonds. The first kappa shape index (κ1) is 12.0. The van der Waals surface area contributed by atoms with Crippen molar-refractivity contribution in [2.24, 2.45) is 0 Å². The largest absolute Gasteiger partial charge is 0.488 e. The summed E-state index contributed by atoms with van der Waals surface area (Å²) in [4.78, 5) is 2.57. The average molecular weight is 246 g/mol. The minimum absolute atomic E-state index is 0.336. The number of hydrogen-bond acceptors (Lipinski definition) is 3. The fourth-order valence-corrected chi connectivity index (χ4v) is 2.95. The summed E-state index contributed by atoms with van der Waals surface area (Å²) in [5.41, 5.74) is 1.36. The summed E-state index contributed by atoms with van der Waals surface area (Å²) in [5.74, 6) is 1.09. The molecule has 3 rings (SSSR count). The molecule has 0 bridgehead atoms. The highest BCUT2D eigenvalue weighted by atomic mass is 16.5. The van der Waals surface area contributed by atoms with Gasteiger partial charge in [-0.3, -0.25) is 4.90 Å². The molecule has 0 saturated carbocycles. The van der Waals surface area contributed by atoms with E-state index in [0.29, 0.717) is 12.1 Å². The van der Waals surface area contributed by atoms with Crippen LogP contribution in [-0.4, -0.2) is 43.2 Å². The first-order chi connectivity index (χ1) is 8.83. The smallest absolute Gasteiger partial charge is 0.123 e. The number of benzene rings is 1. The number of rotatable bonds is 2. The van der Waals surface area contributed by atoms with Gasteiger partial charge in [-0.25, -0.2) is 0 Å². The highest BCUT2D eigenvalue weighted by Gasteiger charge is 2.26. The molecule has 2 heterocycles. The summed E-state index contributed by atoms with van der Waals surface area (Å²) >= 11 is 0. The average Bonchev–Trinajstić information content (AvgIpc) is 2.68. The highest BCUT2D eigenvalue weighted by molar-refractivity contribution is 5.37. The van der Waals surface area contributed by atoms with Crippen LogP contribution in [0.15, 0.2) is 24.3 Å². The van der Waals surface area contributed by atoms with Gasteiger partial charge < -0.3 is 10.1 Å². The summed E-state index contributed by atoms with van der Waals surface area (Å²) in [5, 5.41) is 3.47. The van der Waals surface area contributed by atoms with Gasteiger partial charge in [0.2, 0.25) is 0 Å². The van der Waals surface area contributed by atoms with E-state index in [2.05, 4.69) is 41.4 Å². The van der Waals surface area contributed by atoms with Crippen LogP contribution in [0.2, 0.25) is 0 Å². The molecule has 2 aliphatic rings. The molecular formula is C15H22N2O. The zero-order valence-electron chi connectivity index (χ0n) is 11.1. The van der Waals surface area contributed by atoms with Gasteiger partial charge in [0.25, 0.3) is 0 Å². The van der Waals surface area contributed by atoms with E-state index >= 15 is 0 Å². The Balaban J connectivity index is 1.61. The summed E-state index contributed by atoms with van der Waals surface area (Å²) in [6.45, 7) is 6.76. The molecule has 2 atom stereocenters. The molecule has 2 aliphatic heterocycles. The second kappa shape index (κ2) is 5.29. The van der Waals surface area contributed by atoms with Crippen molar-refractivity contribution in [3.05, 3.63) is 29.8 Å². The second-order valence-electron chi connectivity index (χ2n) is 5.43. The topological polar surface area (TPSA) is 24.5 Å². The van der Waals surface area contributed by atoms with Crippen LogP contribution in [0.1, 0.15) is 18.9 Å². The van der Waals surface area contributed by atoms with Crippen molar-refractivity contribution in [3.63, 3.8) is 0 Å². The van der Waals surface area contributed by atoms with Crippen LogP contribution >= 0.6 is 0 Å². The van der Waals surface area contributed by atoms with E-state index in [0.717, 1.165) is 38.3 Å². The predicted molar refractivity (Wildman–Crippen MR) is 73.1 cm³/mol. The van der Waals surface area contributed by atoms with Gasteiger partial charge in [-0.1, -0.05) is 18.2 Å². The maximum Gasteiger partial charge on any atom is 0.123 e. The van der Waals surface area contributed by atoms with Crippen LogP contribution in [0.25, 0.3) is 0 Å². The lowest BCUT2D eigenvalue weighted by Crippen LogP contribution is -2.41. The zero-order chi connectivity index (χ0) is 12.4. The Labute approximate surface area is 109 Å². The van der Waals surface area contributed by atoms with Gasteiger partial charge >= 0.3 is 0 Å². The fourth-order valence-electron chi connectivity index (χ4n) is 2.95. The van der Waals surface area contributed by atoms with E-state index in [1.807, 2.05) is 0 Å². The number of hydrogen-bond donors (Lipinski definition) is 1. The third-order valence-corrected chi connectivity index (χ3v) is 4.09. The normalized spacial score (nSPS) is 28.5. The van der Waals surface area contributed by atoms with E-state index < -0.39 is 0 Å². The van der Waals surface area contributed by atoms with Crippen molar-refractivity contribution < 1.29 is 4.74 Å². The Hall–Kier alpha value is -1.06. The van der Waals surface area contributed by atoms with Crippen molar-refractivity contribution >= 4 is 0 Å². The van der Waals surface area contributed by atoms with Crippen LogP contribution < -0.4 is 10.1 Å². The van der Waals surface area contributed by atoms with Crippen LogP contribution in [-0.2, 0) is 6.42 Å². The summed E-state index contributed by atoms with van der Waals surface area (Å²) in [6.07, 6.45) is 2.63. The summed E-state index contributed by atoms with van der Waals surface area (Å²) in [7, 11) is 0. The number of fused-ring (bicyclic) bond motifs is 1. The Kier molecular flexibility index (Phi) is 3.52. The van der Waals surface area contributed by atoms with Crippen molar-refractivity contribution in [2.45, 2.75) is 31.9 Å². The quantitative estimate of drug-likeness (QED) is 0.859. The lowest BCUT2D eigenvalue weighted by molar-refractivity contribution is 0.127. The minimum atomic E-state index is 0.336. The van der Waals surface area contributed by atoms with E-state index in [4.69, 9.17) is 4.74 Å². The molecule has 1 saturated heterocycles. The maximum atomic E-state index is 6.04. The van der Waals surface area contributed by atoms with Crippen LogP contribution in [0.4, 0.5) is 0 Å². The molecule has 1 aromatic rings. The third kappa shape index (κ3) is 2.52. The van der Waals surface area contributed by atoms with Crippen molar-refractivity contribution in [2.75, 3.05) is 26.2 Å². The molecule has 1 aromatic carbocycles. The van der Waals surface area contributed by atoms with Crippen LogP contribution in [0.3, 0.4) is 0 Å². The van der Waals surface area contributed by atoms with Gasteiger partial charge in [0.1, 0.15) is 11.9 Å². The first-order valence-corrected chi connectivity index (χ1v) is 7.02. The third-order valence-electron chi connectivity index (χ3n) is 4.09. The number of para-hydroxylation sites is 1. The molecule has 3 nitrogen and oxygen atoms in total. The molecule has 2 unspecified atom stereocenters. The van der Waals surface area contributed by atoms with E-state index in [1.165, 1.54) is 12.0 Å². The second-order valence-corrected chi connectivity index (χ2v) is 5.43. The lowest BCUT2D eigenvalue weighted by Gasteiger charge is -2.28. The van der Waals surface area contributed by atoms with Gasteiger partial charge in [-0.2, -0.15) is 0 Å². The number of nitrogens with one attached hydrogen (secondary N) is 1. The molecule has 1 N–H and O–H groups in total. The van der Waals surface area contributed by atoms with Gasteiger partial charge in [0.15, 0.2) is 0 Å². The maximum absolute atomic E-state index is 6.04. The van der Waals surface area contributed by atoms with Gasteiger partial charge in [-0.05, 0) is 31.5 Å². The van der Waals surface area contributed by atoms with Gasteiger partial charge in [0.05, 0.1) is 0 Å². The van der Waals surface area contributed by atoms with Crippen LogP contribution in [0.5, 0.6) is 5.75 Å². The molecule has 0 aliphatic carbocycles. The summed E-state index contributed by atoms with van der Waals surface area (Å²) in [6, 6.07) is 9.08. The Morgan fingerprint density at radius 3 is 3.11 bits per heavy atom. The molecule has 0 spiro atoms. The van der Waals surface area contributed by atoms with Crippen LogP contribution in [0, 0.1) is 0 Å². The summed E-state index contributed by atoms with van der Waals surface area (Å²) < 4.78 is 6.04. The minimum Gasteiger partial charge on any atom is -0.488 e. The van der Waals surface area contributed by atoms with E-state index in [9.17, 15) is 0 Å². The lowest BCUT2D eigenvalue weighted by atomic mass is 10.1. The molecule has 98 valence electrons. The molecule has 18 heavy (non-hydrogen) atoms. The van der Waals surface area contributed by atoms with Gasteiger partial charge in [-0.15, -0.1) is 0 Å². The molecule has 3 heteroatoms. The first-order valence-electron chi connectivity index (χ1n) is 7.02. The van der Waals surface area contributed by atoms with Crippen molar-refractivity contribution in [1.29, 1.82) is 0 Å². The highest BCUT2D eigenvalue weighted by Crippen LogP contribution is 2.28. The Bertz CT molecular complexity index is 382. The standard InChI is InChI=1S/C15H22N2O/c1-12-6-7-16-8-9-17(12)11-14-10-13-4-2-3-5-15(13)18-14/h2-5,12,14,16H,6-11H2,1H3. The SMILES string of the molecule is CC1CCNCCN1CC1Cc2ccccc2O1. The number of nitrogens with zero attached hydrogens (tertiary/aromatic N) is 1. The Morgan fingerprint density at radius 1 is 1.33 bits per heavy atom. The predicted octanol–water partition coefficient (Wildman–Crippen LogP) is 1.67. The number of ether oxygens (including phenoxy) is 1. The van der Waals surface area contributed by atoms with E-state index in [-0.39, 0.29) is 0 Å². The Morgan fingerprint density at radius 2 is 2.22 bits per heavy atom. The molecule has 0 radical (unpaired) electrons. The molecule has 1 fully saturated rings. The molecular weight excluding hydrogens is 224 g/mol. The molecule has 0 aromatic heterocycles. The van der Waals surface area contributed by atoms with Crippen molar-refractivity contribution in [1.82, 2.24) is 10.2 Å². The van der Waals surface area contributed by atoms with E-state index in [1.54, 1.807) is 0 Å².